The van der Waals surface area contributed by atoms with Gasteiger partial charge in [-0.2, -0.15) is 0 Å². The summed E-state index contributed by atoms with van der Waals surface area (Å²) in [5.41, 5.74) is 0.713. The van der Waals surface area contributed by atoms with E-state index in [2.05, 4.69) is 10.5 Å². The fourth-order valence-corrected chi connectivity index (χ4v) is 3.12. The maximum Gasteiger partial charge on any atom is 0.226 e. The van der Waals surface area contributed by atoms with Gasteiger partial charge in [-0.15, -0.1) is 0 Å². The summed E-state index contributed by atoms with van der Waals surface area (Å²) in [6.07, 6.45) is -0.110. The molecule has 0 aliphatic heterocycles. The summed E-state index contributed by atoms with van der Waals surface area (Å²) < 4.78 is 28.7. The Morgan fingerprint density at radius 3 is 2.62 bits per heavy atom. The number of carbonyl (C=O) groups excluding carboxylic acids is 1. The van der Waals surface area contributed by atoms with Crippen molar-refractivity contribution in [2.45, 2.75) is 19.1 Å². The number of sulfone groups is 1. The highest BCUT2D eigenvalue weighted by Gasteiger charge is 2.15. The Hall–Kier alpha value is -2.15. The van der Waals surface area contributed by atoms with Gasteiger partial charge in [0, 0.05) is 12.5 Å². The van der Waals surface area contributed by atoms with Crippen LogP contribution in [0.25, 0.3) is 0 Å². The fraction of sp³-hybridized carbons (Fsp3) is 0.286. The third-order valence-electron chi connectivity index (χ3n) is 2.76. The van der Waals surface area contributed by atoms with Crippen LogP contribution in [0.3, 0.4) is 0 Å². The third-order valence-corrected chi connectivity index (χ3v) is 4.36. The van der Waals surface area contributed by atoms with Crippen molar-refractivity contribution in [1.29, 1.82) is 0 Å². The maximum absolute atomic E-state index is 11.9. The molecule has 7 heteroatoms. The standard InChI is InChI=1S/C14H16N2O4S/c1-11-9-13(16-20-11)15-14(17)7-8-21(18,19)10-12-5-3-2-4-6-12/h2-6,9H,7-8,10H2,1H3,(H,15,16,17). The molecule has 21 heavy (non-hydrogen) atoms. The summed E-state index contributed by atoms with van der Waals surface area (Å²) in [6, 6.07) is 10.4. The highest BCUT2D eigenvalue weighted by atomic mass is 32.2. The predicted molar refractivity (Wildman–Crippen MR) is 78.4 cm³/mol. The topological polar surface area (TPSA) is 89.3 Å². The summed E-state index contributed by atoms with van der Waals surface area (Å²) in [5.74, 6) is 0.189. The van der Waals surface area contributed by atoms with Crippen LogP contribution in [0.15, 0.2) is 40.9 Å². The molecule has 2 aromatic rings. The van der Waals surface area contributed by atoms with Crippen LogP contribution < -0.4 is 5.32 Å². The van der Waals surface area contributed by atoms with Gasteiger partial charge in [0.25, 0.3) is 0 Å². The van der Waals surface area contributed by atoms with E-state index in [9.17, 15) is 13.2 Å². The van der Waals surface area contributed by atoms with E-state index < -0.39 is 15.7 Å². The van der Waals surface area contributed by atoms with Gasteiger partial charge in [0.15, 0.2) is 15.7 Å². The zero-order chi connectivity index (χ0) is 15.3. The van der Waals surface area contributed by atoms with Gasteiger partial charge in [0.1, 0.15) is 5.76 Å². The minimum absolute atomic E-state index is 0.0653. The van der Waals surface area contributed by atoms with Crippen LogP contribution in [0.4, 0.5) is 5.82 Å². The Balaban J connectivity index is 1.85. The molecule has 0 fully saturated rings. The molecule has 1 aromatic heterocycles. The van der Waals surface area contributed by atoms with Gasteiger partial charge in [0.05, 0.1) is 11.5 Å². The van der Waals surface area contributed by atoms with Crippen molar-refractivity contribution in [3.63, 3.8) is 0 Å². The van der Waals surface area contributed by atoms with E-state index in [-0.39, 0.29) is 23.7 Å². The molecule has 0 atom stereocenters. The maximum atomic E-state index is 11.9. The Labute approximate surface area is 123 Å². The normalized spacial score (nSPS) is 11.3. The van der Waals surface area contributed by atoms with Gasteiger partial charge < -0.3 is 9.84 Å². The molecule has 0 aliphatic rings. The summed E-state index contributed by atoms with van der Waals surface area (Å²) in [7, 11) is -3.32. The Morgan fingerprint density at radius 2 is 2.00 bits per heavy atom. The van der Waals surface area contributed by atoms with Crippen LogP contribution >= 0.6 is 0 Å². The van der Waals surface area contributed by atoms with E-state index in [1.807, 2.05) is 6.07 Å². The molecule has 1 amide bonds. The van der Waals surface area contributed by atoms with Gasteiger partial charge in [-0.25, -0.2) is 8.42 Å². The lowest BCUT2D eigenvalue weighted by molar-refractivity contribution is -0.115. The molecule has 6 nitrogen and oxygen atoms in total. The molecular formula is C14H16N2O4S. The number of rotatable bonds is 6. The first-order chi connectivity index (χ1) is 9.94. The Morgan fingerprint density at radius 1 is 1.29 bits per heavy atom. The largest absolute Gasteiger partial charge is 0.360 e. The van der Waals surface area contributed by atoms with Crippen molar-refractivity contribution < 1.29 is 17.7 Å². The number of nitrogens with one attached hydrogen (secondary N) is 1. The van der Waals surface area contributed by atoms with Crippen molar-refractivity contribution in [2.75, 3.05) is 11.1 Å². The molecule has 0 radical (unpaired) electrons. The fourth-order valence-electron chi connectivity index (χ4n) is 1.78. The van der Waals surface area contributed by atoms with Gasteiger partial charge in [-0.1, -0.05) is 35.5 Å². The number of aromatic nitrogens is 1. The minimum Gasteiger partial charge on any atom is -0.360 e. The van der Waals surface area contributed by atoms with E-state index in [4.69, 9.17) is 4.52 Å². The van der Waals surface area contributed by atoms with Crippen LogP contribution in [0.2, 0.25) is 0 Å². The SMILES string of the molecule is Cc1cc(NC(=O)CCS(=O)(=O)Cc2ccccc2)no1. The number of aryl methyl sites for hydroxylation is 1. The van der Waals surface area contributed by atoms with E-state index in [0.29, 0.717) is 11.3 Å². The Kier molecular flexibility index (Phi) is 4.74. The number of nitrogens with zero attached hydrogens (tertiary/aromatic N) is 1. The van der Waals surface area contributed by atoms with Crippen molar-refractivity contribution in [3.8, 4) is 0 Å². The number of hydrogen-bond acceptors (Lipinski definition) is 5. The van der Waals surface area contributed by atoms with Crippen molar-refractivity contribution >= 4 is 21.6 Å². The second-order valence-electron chi connectivity index (χ2n) is 4.70. The molecule has 1 heterocycles. The first-order valence-corrected chi connectivity index (χ1v) is 8.24. The minimum atomic E-state index is -3.32. The number of anilines is 1. The quantitative estimate of drug-likeness (QED) is 0.880. The second-order valence-corrected chi connectivity index (χ2v) is 6.88. The lowest BCUT2D eigenvalue weighted by Gasteiger charge is -2.04. The number of carbonyl (C=O) groups is 1. The third kappa shape index (κ3) is 5.03. The molecular weight excluding hydrogens is 292 g/mol. The van der Waals surface area contributed by atoms with Crippen LogP contribution in [0.5, 0.6) is 0 Å². The summed E-state index contributed by atoms with van der Waals surface area (Å²) >= 11 is 0. The number of amides is 1. The van der Waals surface area contributed by atoms with Crippen molar-refractivity contribution in [2.24, 2.45) is 0 Å². The van der Waals surface area contributed by atoms with Crippen LogP contribution in [0.1, 0.15) is 17.7 Å². The molecule has 0 saturated carbocycles. The zero-order valence-electron chi connectivity index (χ0n) is 11.6. The molecule has 0 spiro atoms. The molecule has 2 rings (SSSR count). The molecule has 0 bridgehead atoms. The van der Waals surface area contributed by atoms with E-state index in [1.54, 1.807) is 37.3 Å². The second kappa shape index (κ2) is 6.53. The molecule has 0 saturated heterocycles. The van der Waals surface area contributed by atoms with Gasteiger partial charge in [-0.05, 0) is 12.5 Å². The summed E-state index contributed by atoms with van der Waals surface area (Å²) in [6.45, 7) is 1.70. The Bertz CT molecular complexity index is 708. The molecule has 0 aliphatic carbocycles. The summed E-state index contributed by atoms with van der Waals surface area (Å²) in [5, 5.41) is 6.10. The first kappa shape index (κ1) is 15.2. The molecule has 0 unspecified atom stereocenters. The van der Waals surface area contributed by atoms with E-state index in [0.717, 1.165) is 0 Å². The first-order valence-electron chi connectivity index (χ1n) is 6.42. The van der Waals surface area contributed by atoms with Gasteiger partial charge >= 0.3 is 0 Å². The van der Waals surface area contributed by atoms with Gasteiger partial charge in [-0.3, -0.25) is 4.79 Å². The lowest BCUT2D eigenvalue weighted by Crippen LogP contribution is -2.18. The van der Waals surface area contributed by atoms with Crippen LogP contribution in [0, 0.1) is 6.92 Å². The highest BCUT2D eigenvalue weighted by molar-refractivity contribution is 7.90. The van der Waals surface area contributed by atoms with Crippen molar-refractivity contribution in [3.05, 3.63) is 47.7 Å². The highest BCUT2D eigenvalue weighted by Crippen LogP contribution is 2.10. The molecule has 1 aromatic carbocycles. The van der Waals surface area contributed by atoms with Crippen LogP contribution in [-0.4, -0.2) is 25.2 Å². The van der Waals surface area contributed by atoms with Crippen molar-refractivity contribution in [1.82, 2.24) is 5.16 Å². The average Bonchev–Trinajstić information content (AvgIpc) is 2.83. The van der Waals surface area contributed by atoms with Crippen LogP contribution in [-0.2, 0) is 20.4 Å². The molecule has 112 valence electrons. The zero-order valence-corrected chi connectivity index (χ0v) is 12.4. The smallest absolute Gasteiger partial charge is 0.226 e. The number of benzene rings is 1. The lowest BCUT2D eigenvalue weighted by atomic mass is 10.2. The van der Waals surface area contributed by atoms with Gasteiger partial charge in [0.2, 0.25) is 5.91 Å². The van der Waals surface area contributed by atoms with E-state index in [1.165, 1.54) is 0 Å². The summed E-state index contributed by atoms with van der Waals surface area (Å²) in [4.78, 5) is 11.7. The average molecular weight is 308 g/mol. The van der Waals surface area contributed by atoms with E-state index >= 15 is 0 Å². The predicted octanol–water partition coefficient (Wildman–Crippen LogP) is 1.93. The number of hydrogen-bond donors (Lipinski definition) is 1. The monoisotopic (exact) mass is 308 g/mol. The molecule has 1 N–H and O–H groups in total.